The molecule has 3 rings (SSSR count). The van der Waals surface area contributed by atoms with E-state index in [4.69, 9.17) is 27.9 Å². The Labute approximate surface area is 180 Å². The topological polar surface area (TPSA) is 67.4 Å². The Kier molecular flexibility index (Phi) is 7.40. The fraction of sp³-hybridized carbons (Fsp3) is 0.364. The van der Waals surface area contributed by atoms with Crippen LogP contribution in [0.25, 0.3) is 0 Å². The maximum Gasteiger partial charge on any atom is 0.265 e. The first-order valence-electron chi connectivity index (χ1n) is 9.76. The van der Waals surface area contributed by atoms with Gasteiger partial charge in [-0.25, -0.2) is 0 Å². The number of hydrogen-bond acceptors (Lipinski definition) is 3. The van der Waals surface area contributed by atoms with Crippen LogP contribution in [0.5, 0.6) is 5.75 Å². The van der Waals surface area contributed by atoms with Gasteiger partial charge in [0.1, 0.15) is 5.75 Å². The van der Waals surface area contributed by atoms with Crippen molar-refractivity contribution in [2.24, 2.45) is 0 Å². The summed E-state index contributed by atoms with van der Waals surface area (Å²) in [6, 6.07) is 11.9. The van der Waals surface area contributed by atoms with Crippen molar-refractivity contribution in [3.8, 4) is 5.75 Å². The van der Waals surface area contributed by atoms with E-state index in [1.807, 2.05) is 0 Å². The average molecular weight is 435 g/mol. The third kappa shape index (κ3) is 6.12. The highest BCUT2D eigenvalue weighted by molar-refractivity contribution is 6.35. The molecule has 2 N–H and O–H groups in total. The smallest absolute Gasteiger partial charge is 0.265 e. The van der Waals surface area contributed by atoms with E-state index < -0.39 is 6.10 Å². The summed E-state index contributed by atoms with van der Waals surface area (Å²) in [7, 11) is 0. The summed E-state index contributed by atoms with van der Waals surface area (Å²) in [6.07, 6.45) is 4.78. The first kappa shape index (κ1) is 21.5. The molecule has 0 bridgehead atoms. The Bertz CT molecular complexity index is 882. The van der Waals surface area contributed by atoms with E-state index in [0.717, 1.165) is 25.7 Å². The average Bonchev–Trinajstić information content (AvgIpc) is 2.71. The molecule has 0 radical (unpaired) electrons. The van der Waals surface area contributed by atoms with Crippen molar-refractivity contribution in [1.29, 1.82) is 0 Å². The second kappa shape index (κ2) is 9.99. The van der Waals surface area contributed by atoms with Gasteiger partial charge in [-0.3, -0.25) is 9.59 Å². The number of halogens is 2. The minimum atomic E-state index is -0.784. The molecule has 0 heterocycles. The van der Waals surface area contributed by atoms with Crippen molar-refractivity contribution >= 4 is 40.7 Å². The number of nitrogens with one attached hydrogen (secondary N) is 2. The van der Waals surface area contributed by atoms with Crippen LogP contribution in [0, 0.1) is 0 Å². The van der Waals surface area contributed by atoms with Crippen molar-refractivity contribution in [3.63, 3.8) is 0 Å². The van der Waals surface area contributed by atoms with Crippen LogP contribution in [0.1, 0.15) is 49.4 Å². The molecule has 1 atom stereocenters. The number of benzene rings is 2. The van der Waals surface area contributed by atoms with Crippen molar-refractivity contribution in [1.82, 2.24) is 5.32 Å². The van der Waals surface area contributed by atoms with Gasteiger partial charge in [-0.05, 0) is 56.2 Å². The highest BCUT2D eigenvalue weighted by Gasteiger charge is 2.19. The first-order valence-corrected chi connectivity index (χ1v) is 10.5. The number of hydrogen-bond donors (Lipinski definition) is 2. The molecule has 2 amide bonds. The number of rotatable bonds is 6. The Morgan fingerprint density at radius 3 is 2.55 bits per heavy atom. The highest BCUT2D eigenvalue weighted by atomic mass is 35.5. The van der Waals surface area contributed by atoms with E-state index in [1.165, 1.54) is 6.42 Å². The molecule has 1 unspecified atom stereocenters. The van der Waals surface area contributed by atoms with Crippen LogP contribution in [-0.2, 0) is 4.79 Å². The van der Waals surface area contributed by atoms with Crippen molar-refractivity contribution < 1.29 is 14.3 Å². The van der Waals surface area contributed by atoms with Gasteiger partial charge >= 0.3 is 0 Å². The molecule has 154 valence electrons. The van der Waals surface area contributed by atoms with Crippen LogP contribution in [0.4, 0.5) is 5.69 Å². The number of carbonyl (C=O) groups excluding carboxylic acids is 2. The fourth-order valence-electron chi connectivity index (χ4n) is 3.31. The second-order valence-electron chi connectivity index (χ2n) is 7.21. The Morgan fingerprint density at radius 1 is 1.07 bits per heavy atom. The first-order chi connectivity index (χ1) is 13.9. The lowest BCUT2D eigenvalue weighted by Crippen LogP contribution is -2.36. The molecule has 1 aliphatic carbocycles. The molecule has 29 heavy (non-hydrogen) atoms. The Balaban J connectivity index is 1.59. The van der Waals surface area contributed by atoms with Gasteiger partial charge in [0.15, 0.2) is 6.10 Å². The summed E-state index contributed by atoms with van der Waals surface area (Å²) in [4.78, 5) is 25.0. The maximum absolute atomic E-state index is 12.5. The summed E-state index contributed by atoms with van der Waals surface area (Å²) in [5, 5.41) is 6.68. The van der Waals surface area contributed by atoms with E-state index >= 15 is 0 Å². The summed E-state index contributed by atoms with van der Waals surface area (Å²) >= 11 is 12.0. The van der Waals surface area contributed by atoms with Crippen molar-refractivity contribution in [2.75, 3.05) is 5.32 Å². The SMILES string of the molecule is CC(Oc1ccc(Cl)cc1Cl)C(=O)Nc1cccc(C(=O)NC2CCCCC2)c1. The molecule has 0 aliphatic heterocycles. The molecule has 2 aromatic carbocycles. The number of carbonyl (C=O) groups is 2. The third-order valence-corrected chi connectivity index (χ3v) is 5.43. The predicted molar refractivity (Wildman–Crippen MR) is 116 cm³/mol. The van der Waals surface area contributed by atoms with Gasteiger partial charge in [0.2, 0.25) is 0 Å². The van der Waals surface area contributed by atoms with Gasteiger partial charge in [-0.1, -0.05) is 48.5 Å². The quantitative estimate of drug-likeness (QED) is 0.633. The molecule has 1 fully saturated rings. The van der Waals surface area contributed by atoms with Crippen molar-refractivity contribution in [3.05, 3.63) is 58.1 Å². The van der Waals surface area contributed by atoms with Gasteiger partial charge in [0.05, 0.1) is 5.02 Å². The van der Waals surface area contributed by atoms with Gasteiger partial charge in [0.25, 0.3) is 11.8 Å². The summed E-state index contributed by atoms with van der Waals surface area (Å²) in [6.45, 7) is 1.62. The van der Waals surface area contributed by atoms with Gasteiger partial charge in [-0.2, -0.15) is 0 Å². The van der Waals surface area contributed by atoms with Crippen LogP contribution in [-0.4, -0.2) is 24.0 Å². The van der Waals surface area contributed by atoms with E-state index in [0.29, 0.717) is 27.0 Å². The van der Waals surface area contributed by atoms with Crippen LogP contribution in [0.15, 0.2) is 42.5 Å². The zero-order chi connectivity index (χ0) is 20.8. The lowest BCUT2D eigenvalue weighted by Gasteiger charge is -2.22. The molecule has 0 spiro atoms. The van der Waals surface area contributed by atoms with E-state index in [1.54, 1.807) is 49.4 Å². The molecular formula is C22H24Cl2N2O3. The summed E-state index contributed by atoms with van der Waals surface area (Å²) in [5.74, 6) is -0.0922. The minimum absolute atomic E-state index is 0.120. The molecule has 2 aromatic rings. The van der Waals surface area contributed by atoms with E-state index in [9.17, 15) is 9.59 Å². The lowest BCUT2D eigenvalue weighted by atomic mass is 9.95. The van der Waals surface area contributed by atoms with Gasteiger partial charge in [0, 0.05) is 22.3 Å². The summed E-state index contributed by atoms with van der Waals surface area (Å²) in [5.41, 5.74) is 1.05. The second-order valence-corrected chi connectivity index (χ2v) is 8.06. The third-order valence-electron chi connectivity index (χ3n) is 4.90. The molecule has 1 aliphatic rings. The Hall–Kier alpha value is -2.24. The highest BCUT2D eigenvalue weighted by Crippen LogP contribution is 2.28. The molecule has 5 nitrogen and oxygen atoms in total. The number of anilines is 1. The number of amides is 2. The molecule has 1 saturated carbocycles. The summed E-state index contributed by atoms with van der Waals surface area (Å²) < 4.78 is 5.63. The fourth-order valence-corrected chi connectivity index (χ4v) is 3.77. The Morgan fingerprint density at radius 2 is 1.83 bits per heavy atom. The normalized spacial score (nSPS) is 15.4. The molecule has 0 aromatic heterocycles. The van der Waals surface area contributed by atoms with E-state index in [2.05, 4.69) is 10.6 Å². The predicted octanol–water partition coefficient (Wildman–Crippen LogP) is 5.46. The lowest BCUT2D eigenvalue weighted by molar-refractivity contribution is -0.122. The van der Waals surface area contributed by atoms with Gasteiger partial charge in [-0.15, -0.1) is 0 Å². The van der Waals surface area contributed by atoms with Gasteiger partial charge < -0.3 is 15.4 Å². The zero-order valence-electron chi connectivity index (χ0n) is 16.2. The van der Waals surface area contributed by atoms with Crippen LogP contribution in [0.3, 0.4) is 0 Å². The minimum Gasteiger partial charge on any atom is -0.479 e. The maximum atomic E-state index is 12.5. The largest absolute Gasteiger partial charge is 0.479 e. The monoisotopic (exact) mass is 434 g/mol. The molecule has 0 saturated heterocycles. The van der Waals surface area contributed by atoms with Crippen molar-refractivity contribution in [2.45, 2.75) is 51.2 Å². The van der Waals surface area contributed by atoms with Crippen LogP contribution < -0.4 is 15.4 Å². The number of ether oxygens (including phenoxy) is 1. The standard InChI is InChI=1S/C22H24Cl2N2O3/c1-14(29-20-11-10-16(23)13-19(20)24)21(27)26-18-9-5-6-15(12-18)22(28)25-17-7-3-2-4-8-17/h5-6,9-14,17H,2-4,7-8H2,1H3,(H,25,28)(H,26,27). The van der Waals surface area contributed by atoms with Crippen LogP contribution >= 0.6 is 23.2 Å². The molecule has 7 heteroatoms. The molecular weight excluding hydrogens is 411 g/mol. The van der Waals surface area contributed by atoms with E-state index in [-0.39, 0.29) is 17.9 Å². The zero-order valence-corrected chi connectivity index (χ0v) is 17.7. The van der Waals surface area contributed by atoms with Crippen LogP contribution in [0.2, 0.25) is 10.0 Å².